The summed E-state index contributed by atoms with van der Waals surface area (Å²) in [7, 11) is 1.56. The van der Waals surface area contributed by atoms with Gasteiger partial charge in [0.2, 0.25) is 0 Å². The van der Waals surface area contributed by atoms with E-state index >= 15 is 0 Å². The normalized spacial score (nSPS) is 12.2. The van der Waals surface area contributed by atoms with Gasteiger partial charge >= 0.3 is 0 Å². The minimum atomic E-state index is -0.356. The second kappa shape index (κ2) is 7.07. The first-order valence-electron chi connectivity index (χ1n) is 6.04. The number of hydrogen-bond acceptors (Lipinski definition) is 2. The van der Waals surface area contributed by atoms with Gasteiger partial charge in [-0.2, -0.15) is 0 Å². The van der Waals surface area contributed by atoms with E-state index in [4.69, 9.17) is 4.74 Å². The van der Waals surface area contributed by atoms with Crippen LogP contribution in [-0.4, -0.2) is 37.1 Å². The molecule has 17 heavy (non-hydrogen) atoms. The molecular weight excluding hydrogens is 214 g/mol. The first-order valence-corrected chi connectivity index (χ1v) is 6.04. The van der Waals surface area contributed by atoms with Crippen LogP contribution >= 0.6 is 0 Å². The minimum Gasteiger partial charge on any atom is -0.372 e. The van der Waals surface area contributed by atoms with Crippen LogP contribution in [0.1, 0.15) is 19.4 Å². The summed E-state index contributed by atoms with van der Waals surface area (Å²) >= 11 is 0. The number of likely N-dealkylation sites (N-methyl/N-ethyl adjacent to an activating group) is 1. The molecule has 0 aliphatic heterocycles. The fourth-order valence-corrected chi connectivity index (χ4v) is 1.69. The minimum absolute atomic E-state index is 0.0610. The summed E-state index contributed by atoms with van der Waals surface area (Å²) in [6, 6.07) is 10.2. The van der Waals surface area contributed by atoms with Gasteiger partial charge in [0.05, 0.1) is 0 Å². The van der Waals surface area contributed by atoms with Gasteiger partial charge in [-0.15, -0.1) is 0 Å². The zero-order valence-electron chi connectivity index (χ0n) is 10.8. The van der Waals surface area contributed by atoms with Crippen LogP contribution in [0.25, 0.3) is 0 Å². The van der Waals surface area contributed by atoms with Gasteiger partial charge < -0.3 is 9.64 Å². The zero-order chi connectivity index (χ0) is 12.7. The molecular formula is C14H21NO2. The fourth-order valence-electron chi connectivity index (χ4n) is 1.69. The number of rotatable bonds is 6. The van der Waals surface area contributed by atoms with E-state index in [1.54, 1.807) is 14.0 Å². The Morgan fingerprint density at radius 2 is 2.00 bits per heavy atom. The monoisotopic (exact) mass is 235 g/mol. The van der Waals surface area contributed by atoms with Crippen molar-refractivity contribution in [2.45, 2.75) is 26.4 Å². The molecule has 1 amide bonds. The molecule has 94 valence electrons. The van der Waals surface area contributed by atoms with Crippen molar-refractivity contribution in [3.8, 4) is 0 Å². The molecule has 0 saturated heterocycles. The second-order valence-electron chi connectivity index (χ2n) is 4.03. The van der Waals surface area contributed by atoms with Gasteiger partial charge in [-0.1, -0.05) is 30.3 Å². The summed E-state index contributed by atoms with van der Waals surface area (Å²) in [5, 5.41) is 0. The Morgan fingerprint density at radius 1 is 1.35 bits per heavy atom. The van der Waals surface area contributed by atoms with Crippen LogP contribution < -0.4 is 0 Å². The highest BCUT2D eigenvalue weighted by molar-refractivity contribution is 5.80. The SMILES string of the molecule is CCN(CCc1ccccc1)C(=O)C(C)OC. The van der Waals surface area contributed by atoms with Crippen molar-refractivity contribution in [1.29, 1.82) is 0 Å². The Labute approximate surface area is 103 Å². The maximum Gasteiger partial charge on any atom is 0.251 e. The molecule has 1 rings (SSSR count). The van der Waals surface area contributed by atoms with Gasteiger partial charge in [-0.05, 0) is 25.8 Å². The van der Waals surface area contributed by atoms with Crippen LogP contribution in [0, 0.1) is 0 Å². The fraction of sp³-hybridized carbons (Fsp3) is 0.500. The van der Waals surface area contributed by atoms with E-state index in [2.05, 4.69) is 12.1 Å². The number of nitrogens with zero attached hydrogens (tertiary/aromatic N) is 1. The molecule has 0 heterocycles. The first-order chi connectivity index (χ1) is 8.19. The molecule has 0 spiro atoms. The predicted octanol–water partition coefficient (Wildman–Crippen LogP) is 2.11. The van der Waals surface area contributed by atoms with Crippen LogP contribution in [0.5, 0.6) is 0 Å². The number of amides is 1. The van der Waals surface area contributed by atoms with Crippen molar-refractivity contribution >= 4 is 5.91 Å². The van der Waals surface area contributed by atoms with Gasteiger partial charge in [-0.25, -0.2) is 0 Å². The van der Waals surface area contributed by atoms with Gasteiger partial charge in [0.1, 0.15) is 6.10 Å². The second-order valence-corrected chi connectivity index (χ2v) is 4.03. The molecule has 1 aromatic rings. The summed E-state index contributed by atoms with van der Waals surface area (Å²) in [6.07, 6.45) is 0.530. The Bertz CT molecular complexity index is 337. The average molecular weight is 235 g/mol. The van der Waals surface area contributed by atoms with E-state index in [-0.39, 0.29) is 12.0 Å². The van der Waals surface area contributed by atoms with Crippen molar-refractivity contribution in [3.05, 3.63) is 35.9 Å². The molecule has 1 aromatic carbocycles. The summed E-state index contributed by atoms with van der Waals surface area (Å²) < 4.78 is 5.06. The molecule has 0 aliphatic carbocycles. The highest BCUT2D eigenvalue weighted by atomic mass is 16.5. The molecule has 0 radical (unpaired) electrons. The van der Waals surface area contributed by atoms with Crippen LogP contribution in [0.3, 0.4) is 0 Å². The van der Waals surface area contributed by atoms with Crippen LogP contribution in [-0.2, 0) is 16.0 Å². The lowest BCUT2D eigenvalue weighted by Crippen LogP contribution is -2.39. The van der Waals surface area contributed by atoms with Crippen molar-refractivity contribution in [1.82, 2.24) is 4.90 Å². The Morgan fingerprint density at radius 3 is 2.53 bits per heavy atom. The molecule has 0 aliphatic rings. The largest absolute Gasteiger partial charge is 0.372 e. The number of ether oxygens (including phenoxy) is 1. The van der Waals surface area contributed by atoms with Crippen molar-refractivity contribution in [2.75, 3.05) is 20.2 Å². The van der Waals surface area contributed by atoms with Crippen LogP contribution in [0.2, 0.25) is 0 Å². The molecule has 1 unspecified atom stereocenters. The first kappa shape index (κ1) is 13.7. The van der Waals surface area contributed by atoms with E-state index in [0.717, 1.165) is 19.5 Å². The Kier molecular flexibility index (Phi) is 5.70. The van der Waals surface area contributed by atoms with Crippen LogP contribution in [0.4, 0.5) is 0 Å². The van der Waals surface area contributed by atoms with E-state index in [1.165, 1.54) is 5.56 Å². The van der Waals surface area contributed by atoms with Gasteiger partial charge in [-0.3, -0.25) is 4.79 Å². The highest BCUT2D eigenvalue weighted by Crippen LogP contribution is 2.04. The third-order valence-electron chi connectivity index (χ3n) is 2.91. The number of carbonyl (C=O) groups is 1. The van der Waals surface area contributed by atoms with Crippen molar-refractivity contribution in [3.63, 3.8) is 0 Å². The summed E-state index contributed by atoms with van der Waals surface area (Å²) in [6.45, 7) is 5.24. The van der Waals surface area contributed by atoms with E-state index in [1.807, 2.05) is 30.0 Å². The number of benzene rings is 1. The molecule has 0 bridgehead atoms. The van der Waals surface area contributed by atoms with E-state index < -0.39 is 0 Å². The van der Waals surface area contributed by atoms with Gasteiger partial charge in [0, 0.05) is 20.2 Å². The molecule has 1 atom stereocenters. The quantitative estimate of drug-likeness (QED) is 0.756. The van der Waals surface area contributed by atoms with Crippen molar-refractivity contribution < 1.29 is 9.53 Å². The number of methoxy groups -OCH3 is 1. The molecule has 3 nitrogen and oxygen atoms in total. The Balaban J connectivity index is 2.50. The summed E-state index contributed by atoms with van der Waals surface area (Å²) in [5.41, 5.74) is 1.25. The van der Waals surface area contributed by atoms with Crippen LogP contribution in [0.15, 0.2) is 30.3 Å². The predicted molar refractivity (Wildman–Crippen MR) is 68.9 cm³/mol. The topological polar surface area (TPSA) is 29.5 Å². The average Bonchev–Trinajstić information content (AvgIpc) is 2.39. The smallest absolute Gasteiger partial charge is 0.251 e. The lowest BCUT2D eigenvalue weighted by atomic mass is 10.1. The van der Waals surface area contributed by atoms with Gasteiger partial charge in [0.15, 0.2) is 0 Å². The maximum absolute atomic E-state index is 11.9. The number of hydrogen-bond donors (Lipinski definition) is 0. The Hall–Kier alpha value is -1.35. The lowest BCUT2D eigenvalue weighted by molar-refractivity contribution is -0.140. The van der Waals surface area contributed by atoms with Crippen molar-refractivity contribution in [2.24, 2.45) is 0 Å². The molecule has 0 aromatic heterocycles. The molecule has 0 fully saturated rings. The summed E-state index contributed by atoms with van der Waals surface area (Å²) in [4.78, 5) is 13.8. The zero-order valence-corrected chi connectivity index (χ0v) is 10.8. The molecule has 3 heteroatoms. The molecule has 0 saturated carbocycles. The third-order valence-corrected chi connectivity index (χ3v) is 2.91. The van der Waals surface area contributed by atoms with Gasteiger partial charge in [0.25, 0.3) is 5.91 Å². The lowest BCUT2D eigenvalue weighted by Gasteiger charge is -2.23. The van der Waals surface area contributed by atoms with E-state index in [9.17, 15) is 4.79 Å². The summed E-state index contributed by atoms with van der Waals surface area (Å²) in [5.74, 6) is 0.0610. The highest BCUT2D eigenvalue weighted by Gasteiger charge is 2.18. The standard InChI is InChI=1S/C14H21NO2/c1-4-15(14(16)12(2)17-3)11-10-13-8-6-5-7-9-13/h5-9,12H,4,10-11H2,1-3H3. The number of carbonyl (C=O) groups excluding carboxylic acids is 1. The van der Waals surface area contributed by atoms with E-state index in [0.29, 0.717) is 0 Å². The third kappa shape index (κ3) is 4.19. The maximum atomic E-state index is 11.9. The molecule has 0 N–H and O–H groups in total.